The fourth-order valence-corrected chi connectivity index (χ4v) is 6.07. The lowest BCUT2D eigenvalue weighted by atomic mass is 9.85. The molecule has 0 heterocycles. The van der Waals surface area contributed by atoms with E-state index in [9.17, 15) is 26.4 Å². The zero-order valence-corrected chi connectivity index (χ0v) is 21.9. The summed E-state index contributed by atoms with van der Waals surface area (Å²) in [6, 6.07) is 9.22. The number of hydrogen-bond donors (Lipinski definition) is 3. The summed E-state index contributed by atoms with van der Waals surface area (Å²) in [4.78, 5) is 12.3. The van der Waals surface area contributed by atoms with Crippen LogP contribution in [0.4, 0.5) is 13.2 Å². The number of aryl methyl sites for hydroxylation is 1. The van der Waals surface area contributed by atoms with Gasteiger partial charge in [-0.15, -0.1) is 0 Å². The van der Waals surface area contributed by atoms with E-state index in [4.69, 9.17) is 0 Å². The van der Waals surface area contributed by atoms with Crippen LogP contribution >= 0.6 is 0 Å². The SMILES string of the molecule is C[C@H](NCC1CC1)c1ccc2c(c1)CCCC2NC(=O)C[C@H](C)NS(=O)(=O)c1cccc(C(F)(F)F)c1. The molecule has 2 aromatic carbocycles. The summed E-state index contributed by atoms with van der Waals surface area (Å²) in [7, 11) is -4.22. The highest BCUT2D eigenvalue weighted by Gasteiger charge is 2.32. The highest BCUT2D eigenvalue weighted by molar-refractivity contribution is 7.89. The van der Waals surface area contributed by atoms with Gasteiger partial charge >= 0.3 is 6.18 Å². The summed E-state index contributed by atoms with van der Waals surface area (Å²) in [6.45, 7) is 4.71. The number of halogens is 3. The fraction of sp³-hybridized carbons (Fsp3) is 0.519. The van der Waals surface area contributed by atoms with Crippen LogP contribution in [0.15, 0.2) is 47.4 Å². The molecule has 10 heteroatoms. The van der Waals surface area contributed by atoms with Crippen molar-refractivity contribution in [2.75, 3.05) is 6.54 Å². The molecule has 1 saturated carbocycles. The Kier molecular flexibility index (Phi) is 8.30. The molecular formula is C27H34F3N3O3S. The molecule has 1 unspecified atom stereocenters. The molecule has 0 aromatic heterocycles. The Morgan fingerprint density at radius 3 is 2.54 bits per heavy atom. The van der Waals surface area contributed by atoms with Gasteiger partial charge in [0.1, 0.15) is 0 Å². The lowest BCUT2D eigenvalue weighted by Gasteiger charge is -2.28. The third-order valence-corrected chi connectivity index (χ3v) is 8.63. The number of alkyl halides is 3. The maximum atomic E-state index is 13.0. The van der Waals surface area contributed by atoms with Crippen LogP contribution in [0.1, 0.15) is 80.3 Å². The monoisotopic (exact) mass is 537 g/mol. The molecule has 3 atom stereocenters. The van der Waals surface area contributed by atoms with Crippen molar-refractivity contribution in [3.8, 4) is 0 Å². The van der Waals surface area contributed by atoms with E-state index < -0.39 is 32.7 Å². The highest BCUT2D eigenvalue weighted by Crippen LogP contribution is 2.33. The van der Waals surface area contributed by atoms with Crippen LogP contribution in [-0.4, -0.2) is 26.9 Å². The molecule has 202 valence electrons. The molecule has 2 aromatic rings. The smallest absolute Gasteiger partial charge is 0.349 e. The predicted octanol–water partition coefficient (Wildman–Crippen LogP) is 5.02. The summed E-state index contributed by atoms with van der Waals surface area (Å²) >= 11 is 0. The number of nitrogens with one attached hydrogen (secondary N) is 3. The Bertz CT molecular complexity index is 1230. The first-order valence-electron chi connectivity index (χ1n) is 12.8. The summed E-state index contributed by atoms with van der Waals surface area (Å²) in [6.07, 6.45) is 0.482. The lowest BCUT2D eigenvalue weighted by Crippen LogP contribution is -2.39. The second kappa shape index (κ2) is 11.1. The van der Waals surface area contributed by atoms with Crippen LogP contribution in [0.5, 0.6) is 0 Å². The van der Waals surface area contributed by atoms with Gasteiger partial charge in [0.15, 0.2) is 0 Å². The second-order valence-electron chi connectivity index (χ2n) is 10.3. The van der Waals surface area contributed by atoms with Crippen molar-refractivity contribution in [3.05, 3.63) is 64.7 Å². The molecule has 0 saturated heterocycles. The molecular weight excluding hydrogens is 503 g/mol. The van der Waals surface area contributed by atoms with Crippen LogP contribution in [0.3, 0.4) is 0 Å². The second-order valence-corrected chi connectivity index (χ2v) is 12.0. The first-order chi connectivity index (χ1) is 17.4. The number of amides is 1. The number of fused-ring (bicyclic) bond motifs is 1. The maximum Gasteiger partial charge on any atom is 0.416 e. The summed E-state index contributed by atoms with van der Waals surface area (Å²) in [5.74, 6) is 0.484. The van der Waals surface area contributed by atoms with Crippen LogP contribution in [0, 0.1) is 5.92 Å². The molecule has 1 fully saturated rings. The third-order valence-electron chi connectivity index (χ3n) is 7.05. The lowest BCUT2D eigenvalue weighted by molar-refractivity contribution is -0.137. The van der Waals surface area contributed by atoms with Crippen molar-refractivity contribution < 1.29 is 26.4 Å². The van der Waals surface area contributed by atoms with Crippen molar-refractivity contribution in [1.29, 1.82) is 0 Å². The zero-order valence-electron chi connectivity index (χ0n) is 21.1. The average molecular weight is 538 g/mol. The summed E-state index contributed by atoms with van der Waals surface area (Å²) < 4.78 is 66.5. The first-order valence-corrected chi connectivity index (χ1v) is 14.3. The van der Waals surface area contributed by atoms with Gasteiger partial charge in [0.05, 0.1) is 16.5 Å². The van der Waals surface area contributed by atoms with Crippen LogP contribution < -0.4 is 15.4 Å². The van der Waals surface area contributed by atoms with Gasteiger partial charge in [-0.2, -0.15) is 13.2 Å². The molecule has 0 spiro atoms. The summed E-state index contributed by atoms with van der Waals surface area (Å²) in [5, 5.41) is 6.61. The largest absolute Gasteiger partial charge is 0.416 e. The topological polar surface area (TPSA) is 87.3 Å². The van der Waals surface area contributed by atoms with Gasteiger partial charge in [0.25, 0.3) is 0 Å². The predicted molar refractivity (Wildman–Crippen MR) is 135 cm³/mol. The highest BCUT2D eigenvalue weighted by atomic mass is 32.2. The fourth-order valence-electron chi connectivity index (χ4n) is 4.78. The zero-order chi connectivity index (χ0) is 26.8. The van der Waals surface area contributed by atoms with Crippen LogP contribution in [0.2, 0.25) is 0 Å². The van der Waals surface area contributed by atoms with E-state index in [1.54, 1.807) is 0 Å². The third kappa shape index (κ3) is 7.33. The molecule has 0 aliphatic heterocycles. The number of carbonyl (C=O) groups excluding carboxylic acids is 1. The quantitative estimate of drug-likeness (QED) is 0.397. The van der Waals surface area contributed by atoms with E-state index >= 15 is 0 Å². The van der Waals surface area contributed by atoms with Crippen molar-refractivity contribution in [3.63, 3.8) is 0 Å². The van der Waals surface area contributed by atoms with E-state index in [1.165, 1.54) is 30.9 Å². The van der Waals surface area contributed by atoms with E-state index in [0.717, 1.165) is 55.5 Å². The van der Waals surface area contributed by atoms with Gasteiger partial charge in [-0.1, -0.05) is 24.3 Å². The van der Waals surface area contributed by atoms with Gasteiger partial charge in [-0.05, 0) is 93.3 Å². The molecule has 2 aliphatic carbocycles. The van der Waals surface area contributed by atoms with Crippen molar-refractivity contribution in [1.82, 2.24) is 15.4 Å². The number of rotatable bonds is 10. The Morgan fingerprint density at radius 1 is 1.08 bits per heavy atom. The molecule has 37 heavy (non-hydrogen) atoms. The van der Waals surface area contributed by atoms with Gasteiger partial charge in [-0.3, -0.25) is 4.79 Å². The van der Waals surface area contributed by atoms with Crippen molar-refractivity contribution in [2.45, 2.75) is 81.6 Å². The Balaban J connectivity index is 1.35. The molecule has 4 rings (SSSR count). The first kappa shape index (κ1) is 27.6. The number of hydrogen-bond acceptors (Lipinski definition) is 4. The maximum absolute atomic E-state index is 13.0. The Labute approximate surface area is 216 Å². The number of sulfonamides is 1. The minimum Gasteiger partial charge on any atom is -0.349 e. The molecule has 0 radical (unpaired) electrons. The van der Waals surface area contributed by atoms with Crippen LogP contribution in [0.25, 0.3) is 0 Å². The molecule has 1 amide bonds. The molecule has 0 bridgehead atoms. The molecule has 2 aliphatic rings. The normalized spacial score (nSPS) is 19.6. The van der Waals surface area contributed by atoms with Crippen molar-refractivity contribution >= 4 is 15.9 Å². The molecule has 6 nitrogen and oxygen atoms in total. The van der Waals surface area contributed by atoms with E-state index in [-0.39, 0.29) is 24.4 Å². The minimum absolute atomic E-state index is 0.135. The van der Waals surface area contributed by atoms with Crippen molar-refractivity contribution in [2.24, 2.45) is 5.92 Å². The average Bonchev–Trinajstić information content (AvgIpc) is 3.66. The van der Waals surface area contributed by atoms with E-state index in [1.807, 2.05) is 0 Å². The van der Waals surface area contributed by atoms with E-state index in [0.29, 0.717) is 6.07 Å². The number of benzene rings is 2. The van der Waals surface area contributed by atoms with E-state index in [2.05, 4.69) is 40.5 Å². The Morgan fingerprint density at radius 2 is 1.84 bits per heavy atom. The summed E-state index contributed by atoms with van der Waals surface area (Å²) in [5.41, 5.74) is 2.47. The van der Waals surface area contributed by atoms with Crippen LogP contribution in [-0.2, 0) is 27.4 Å². The number of carbonyl (C=O) groups is 1. The van der Waals surface area contributed by atoms with Gasteiger partial charge in [-0.25, -0.2) is 13.1 Å². The standard InChI is InChI=1S/C27H34F3N3O3S/c1-17(33-37(35,36)23-7-4-6-22(15-23)27(28,29)30)13-26(34)32-25-8-3-5-21-14-20(11-12-24(21)25)18(2)31-16-19-9-10-19/h4,6-7,11-12,14-15,17-19,25,31,33H,3,5,8-10,13,16H2,1-2H3,(H,32,34)/t17-,18-,25?/m0/s1. The Hall–Kier alpha value is -2.43. The van der Waals surface area contributed by atoms with Gasteiger partial charge in [0, 0.05) is 18.5 Å². The molecule has 3 N–H and O–H groups in total. The van der Waals surface area contributed by atoms with Gasteiger partial charge in [0.2, 0.25) is 15.9 Å². The van der Waals surface area contributed by atoms with Gasteiger partial charge < -0.3 is 10.6 Å². The minimum atomic E-state index is -4.65.